The van der Waals surface area contributed by atoms with Gasteiger partial charge in [0.2, 0.25) is 0 Å². The minimum Gasteiger partial charge on any atom is -0.456 e. The Morgan fingerprint density at radius 1 is 1.19 bits per heavy atom. The Kier molecular flexibility index (Phi) is 5.11. The lowest BCUT2D eigenvalue weighted by molar-refractivity contribution is 0.318. The molecule has 0 heterocycles. The normalized spacial score (nSPS) is 11.4. The van der Waals surface area contributed by atoms with E-state index in [1.54, 1.807) is 11.8 Å². The molecular weight excluding hydrogens is 284 g/mol. The third-order valence-electron chi connectivity index (χ3n) is 2.97. The molecule has 0 unspecified atom stereocenters. The molecule has 0 saturated carbocycles. The Morgan fingerprint density at radius 3 is 2.57 bits per heavy atom. The average molecular weight is 302 g/mol. The van der Waals surface area contributed by atoms with Gasteiger partial charge in [0.1, 0.15) is 11.5 Å². The van der Waals surface area contributed by atoms with E-state index in [0.29, 0.717) is 11.3 Å². The predicted molar refractivity (Wildman–Crippen MR) is 86.6 cm³/mol. The Bertz CT molecular complexity index is 656. The lowest BCUT2D eigenvalue weighted by atomic mass is 10.1. The molecule has 0 aliphatic carbocycles. The van der Waals surface area contributed by atoms with Crippen molar-refractivity contribution in [2.45, 2.75) is 18.7 Å². The standard InChI is InChI=1S/C16H18N2O2S/c1-3-21-14-10-6-9-13(15(14)16(17)18-19)20-12-8-5-4-7-11(12)2/h4-10,19H,3H2,1-2H3,(H2,17,18). The topological polar surface area (TPSA) is 67.8 Å². The average Bonchev–Trinajstić information content (AvgIpc) is 2.49. The van der Waals surface area contributed by atoms with E-state index in [1.165, 1.54) is 0 Å². The number of hydrogen-bond donors (Lipinski definition) is 2. The van der Waals surface area contributed by atoms with Crippen molar-refractivity contribution >= 4 is 17.6 Å². The highest BCUT2D eigenvalue weighted by Crippen LogP contribution is 2.33. The number of para-hydroxylation sites is 1. The van der Waals surface area contributed by atoms with Crippen LogP contribution in [0, 0.1) is 6.92 Å². The molecule has 0 aliphatic heterocycles. The number of rotatable bonds is 5. The quantitative estimate of drug-likeness (QED) is 0.288. The van der Waals surface area contributed by atoms with Gasteiger partial charge in [0.15, 0.2) is 5.84 Å². The zero-order chi connectivity index (χ0) is 15.2. The van der Waals surface area contributed by atoms with Crippen molar-refractivity contribution in [3.05, 3.63) is 53.6 Å². The predicted octanol–water partition coefficient (Wildman–Crippen LogP) is 3.99. The van der Waals surface area contributed by atoms with Gasteiger partial charge in [-0.3, -0.25) is 0 Å². The number of aryl methyl sites for hydroxylation is 1. The van der Waals surface area contributed by atoms with Crippen LogP contribution in [-0.4, -0.2) is 16.8 Å². The minimum absolute atomic E-state index is 0.0511. The molecule has 110 valence electrons. The molecule has 0 aliphatic rings. The molecule has 0 bridgehead atoms. The van der Waals surface area contributed by atoms with Crippen molar-refractivity contribution in [1.29, 1.82) is 0 Å². The Balaban J connectivity index is 2.48. The highest BCUT2D eigenvalue weighted by atomic mass is 32.2. The van der Waals surface area contributed by atoms with Gasteiger partial charge in [0, 0.05) is 4.90 Å². The zero-order valence-electron chi connectivity index (χ0n) is 12.0. The maximum atomic E-state index is 9.02. The fraction of sp³-hybridized carbons (Fsp3) is 0.188. The molecular formula is C16H18N2O2S. The van der Waals surface area contributed by atoms with Gasteiger partial charge in [0.25, 0.3) is 0 Å². The van der Waals surface area contributed by atoms with E-state index in [2.05, 4.69) is 12.1 Å². The Hall–Kier alpha value is -2.14. The van der Waals surface area contributed by atoms with Crippen LogP contribution in [0.25, 0.3) is 0 Å². The summed E-state index contributed by atoms with van der Waals surface area (Å²) in [6, 6.07) is 13.4. The molecule has 0 saturated heterocycles. The molecule has 5 heteroatoms. The van der Waals surface area contributed by atoms with Crippen molar-refractivity contribution in [3.63, 3.8) is 0 Å². The number of oxime groups is 1. The van der Waals surface area contributed by atoms with E-state index in [9.17, 15) is 0 Å². The highest BCUT2D eigenvalue weighted by molar-refractivity contribution is 7.99. The molecule has 0 spiro atoms. The lowest BCUT2D eigenvalue weighted by Gasteiger charge is -2.15. The second-order valence-corrected chi connectivity index (χ2v) is 5.72. The number of nitrogens with zero attached hydrogens (tertiary/aromatic N) is 1. The molecule has 0 fully saturated rings. The van der Waals surface area contributed by atoms with Crippen LogP contribution in [0.5, 0.6) is 11.5 Å². The maximum absolute atomic E-state index is 9.02. The van der Waals surface area contributed by atoms with Gasteiger partial charge in [0.05, 0.1) is 5.56 Å². The smallest absolute Gasteiger partial charge is 0.175 e. The van der Waals surface area contributed by atoms with Crippen LogP contribution in [0.15, 0.2) is 52.5 Å². The molecule has 2 rings (SSSR count). The first-order valence-corrected chi connectivity index (χ1v) is 7.63. The van der Waals surface area contributed by atoms with Gasteiger partial charge in [-0.2, -0.15) is 0 Å². The van der Waals surface area contributed by atoms with E-state index >= 15 is 0 Å². The fourth-order valence-corrected chi connectivity index (χ4v) is 2.80. The summed E-state index contributed by atoms with van der Waals surface area (Å²) in [6.07, 6.45) is 0. The summed E-state index contributed by atoms with van der Waals surface area (Å²) in [5, 5.41) is 12.2. The summed E-state index contributed by atoms with van der Waals surface area (Å²) < 4.78 is 5.96. The van der Waals surface area contributed by atoms with Crippen LogP contribution in [0.4, 0.5) is 0 Å². The van der Waals surface area contributed by atoms with E-state index in [-0.39, 0.29) is 5.84 Å². The molecule has 0 amide bonds. The van der Waals surface area contributed by atoms with Crippen molar-refractivity contribution in [3.8, 4) is 11.5 Å². The van der Waals surface area contributed by atoms with Crippen molar-refractivity contribution in [2.24, 2.45) is 10.9 Å². The first-order chi connectivity index (χ1) is 10.2. The van der Waals surface area contributed by atoms with Gasteiger partial charge in [-0.05, 0) is 36.4 Å². The number of nitrogens with two attached hydrogens (primary N) is 1. The molecule has 3 N–H and O–H groups in total. The molecule has 21 heavy (non-hydrogen) atoms. The first kappa shape index (κ1) is 15.3. The second kappa shape index (κ2) is 7.04. The van der Waals surface area contributed by atoms with E-state index in [1.807, 2.05) is 49.4 Å². The molecule has 0 atom stereocenters. The van der Waals surface area contributed by atoms with Crippen molar-refractivity contribution in [1.82, 2.24) is 0 Å². The van der Waals surface area contributed by atoms with Gasteiger partial charge in [-0.1, -0.05) is 36.3 Å². The third-order valence-corrected chi connectivity index (χ3v) is 3.91. The SMILES string of the molecule is CCSc1cccc(Oc2ccccc2C)c1/C(N)=N/O. The number of amidine groups is 1. The van der Waals surface area contributed by atoms with Crippen molar-refractivity contribution < 1.29 is 9.94 Å². The number of hydrogen-bond acceptors (Lipinski definition) is 4. The Labute approximate surface area is 128 Å². The van der Waals surface area contributed by atoms with Crippen LogP contribution in [0.3, 0.4) is 0 Å². The van der Waals surface area contributed by atoms with Crippen molar-refractivity contribution in [2.75, 3.05) is 5.75 Å². The largest absolute Gasteiger partial charge is 0.456 e. The number of benzene rings is 2. The van der Waals surface area contributed by atoms with Gasteiger partial charge < -0.3 is 15.7 Å². The van der Waals surface area contributed by atoms with E-state index in [4.69, 9.17) is 15.7 Å². The summed E-state index contributed by atoms with van der Waals surface area (Å²) in [6.45, 7) is 4.03. The van der Waals surface area contributed by atoms with Crippen LogP contribution < -0.4 is 10.5 Å². The number of thioether (sulfide) groups is 1. The summed E-state index contributed by atoms with van der Waals surface area (Å²) >= 11 is 1.62. The summed E-state index contributed by atoms with van der Waals surface area (Å²) in [5.41, 5.74) is 7.47. The first-order valence-electron chi connectivity index (χ1n) is 6.64. The minimum atomic E-state index is 0.0511. The summed E-state index contributed by atoms with van der Waals surface area (Å²) in [5.74, 6) is 2.27. The fourth-order valence-electron chi connectivity index (χ4n) is 1.96. The number of ether oxygens (including phenoxy) is 1. The summed E-state index contributed by atoms with van der Waals surface area (Å²) in [7, 11) is 0. The molecule has 0 aromatic heterocycles. The maximum Gasteiger partial charge on any atom is 0.175 e. The monoisotopic (exact) mass is 302 g/mol. The van der Waals surface area contributed by atoms with E-state index < -0.39 is 0 Å². The van der Waals surface area contributed by atoms with Gasteiger partial charge >= 0.3 is 0 Å². The Morgan fingerprint density at radius 2 is 1.90 bits per heavy atom. The van der Waals surface area contributed by atoms with Crippen LogP contribution in [0.1, 0.15) is 18.1 Å². The van der Waals surface area contributed by atoms with Crippen LogP contribution in [-0.2, 0) is 0 Å². The molecule has 2 aromatic rings. The molecule has 0 radical (unpaired) electrons. The third kappa shape index (κ3) is 3.49. The van der Waals surface area contributed by atoms with Crippen LogP contribution in [0.2, 0.25) is 0 Å². The molecule has 4 nitrogen and oxygen atoms in total. The lowest BCUT2D eigenvalue weighted by Crippen LogP contribution is -2.15. The van der Waals surface area contributed by atoms with Gasteiger partial charge in [-0.15, -0.1) is 11.8 Å². The van der Waals surface area contributed by atoms with Crippen LogP contribution >= 0.6 is 11.8 Å². The highest BCUT2D eigenvalue weighted by Gasteiger charge is 2.15. The molecule has 2 aromatic carbocycles. The van der Waals surface area contributed by atoms with Gasteiger partial charge in [-0.25, -0.2) is 0 Å². The summed E-state index contributed by atoms with van der Waals surface area (Å²) in [4.78, 5) is 0.930. The zero-order valence-corrected chi connectivity index (χ0v) is 12.9. The van der Waals surface area contributed by atoms with E-state index in [0.717, 1.165) is 22.0 Å². The second-order valence-electron chi connectivity index (χ2n) is 4.42.